The maximum Gasteiger partial charge on any atom is 0.309 e. The maximum atomic E-state index is 11.1. The molecule has 0 bridgehead atoms. The second-order valence-corrected chi connectivity index (χ2v) is 9.58. The highest BCUT2D eigenvalue weighted by molar-refractivity contribution is 5.80. The molecule has 2 fully saturated rings. The molecule has 0 heterocycles. The van der Waals surface area contributed by atoms with Gasteiger partial charge < -0.3 is 25.9 Å². The van der Waals surface area contributed by atoms with Gasteiger partial charge in [-0.15, -0.1) is 0 Å². The molecule has 2 aliphatic rings. The largest absolute Gasteiger partial charge is 0.481 e. The van der Waals surface area contributed by atoms with Crippen molar-refractivity contribution in [2.75, 3.05) is 0 Å². The van der Waals surface area contributed by atoms with Gasteiger partial charge in [-0.3, -0.25) is 19.2 Å². The molecule has 0 aromatic heterocycles. The number of carboxylic acid groups (broad SMARTS) is 4. The first-order valence-electron chi connectivity index (χ1n) is 9.39. The van der Waals surface area contributed by atoms with Crippen LogP contribution in [0.3, 0.4) is 0 Å². The number of carbonyl (C=O) groups is 4. The minimum atomic E-state index is -0.921. The van der Waals surface area contributed by atoms with E-state index in [0.29, 0.717) is 25.7 Å². The Morgan fingerprint density at radius 1 is 0.621 bits per heavy atom. The first kappa shape index (κ1) is 26.8. The van der Waals surface area contributed by atoms with Crippen LogP contribution in [-0.2, 0) is 19.2 Å². The number of aliphatic carboxylic acids is 4. The minimum Gasteiger partial charge on any atom is -0.481 e. The zero-order valence-electron chi connectivity index (χ0n) is 17.9. The van der Waals surface area contributed by atoms with Crippen LogP contribution in [-0.4, -0.2) is 49.8 Å². The third kappa shape index (κ3) is 4.10. The van der Waals surface area contributed by atoms with Gasteiger partial charge in [-0.05, 0) is 50.4 Å². The van der Waals surface area contributed by atoms with E-state index in [2.05, 4.69) is 0 Å². The third-order valence-corrected chi connectivity index (χ3v) is 7.99. The summed E-state index contributed by atoms with van der Waals surface area (Å²) in [5.74, 6) is -4.68. The van der Waals surface area contributed by atoms with Crippen LogP contribution >= 0.6 is 0 Å². The lowest BCUT2D eigenvalue weighted by Gasteiger charge is -2.36. The molecule has 2 saturated carbocycles. The average Bonchev–Trinajstić information content (AvgIpc) is 2.92. The van der Waals surface area contributed by atoms with E-state index in [-0.39, 0.29) is 5.48 Å². The van der Waals surface area contributed by atoms with Gasteiger partial charge in [0.25, 0.3) is 0 Å². The Balaban J connectivity index is 0.000000523. The minimum absolute atomic E-state index is 0. The van der Waals surface area contributed by atoms with Crippen LogP contribution in [0.25, 0.3) is 0 Å². The fourth-order valence-electron chi connectivity index (χ4n) is 4.63. The summed E-state index contributed by atoms with van der Waals surface area (Å²) >= 11 is 0. The van der Waals surface area contributed by atoms with Crippen molar-refractivity contribution < 1.29 is 45.1 Å². The monoisotopic (exact) mass is 418 g/mol. The predicted molar refractivity (Wildman–Crippen MR) is 103 cm³/mol. The average molecular weight is 418 g/mol. The molecule has 0 amide bonds. The van der Waals surface area contributed by atoms with Crippen LogP contribution in [0, 0.1) is 33.5 Å². The van der Waals surface area contributed by atoms with Gasteiger partial charge in [-0.1, -0.05) is 27.7 Å². The molecule has 0 aromatic carbocycles. The highest BCUT2D eigenvalue weighted by atomic mass is 16.4. The Kier molecular flexibility index (Phi) is 7.68. The van der Waals surface area contributed by atoms with E-state index in [0.717, 1.165) is 0 Å². The first-order valence-corrected chi connectivity index (χ1v) is 9.39. The van der Waals surface area contributed by atoms with Crippen LogP contribution in [0.15, 0.2) is 0 Å². The lowest BCUT2D eigenvalue weighted by molar-refractivity contribution is -0.159. The molecule has 0 radical (unpaired) electrons. The van der Waals surface area contributed by atoms with E-state index in [1.807, 2.05) is 0 Å². The van der Waals surface area contributed by atoms with E-state index in [1.54, 1.807) is 41.5 Å². The Morgan fingerprint density at radius 3 is 0.966 bits per heavy atom. The van der Waals surface area contributed by atoms with Crippen molar-refractivity contribution in [1.82, 2.24) is 0 Å². The molecule has 0 spiro atoms. The molecule has 9 heteroatoms. The van der Waals surface area contributed by atoms with Crippen molar-refractivity contribution in [1.29, 1.82) is 0 Å². The van der Waals surface area contributed by atoms with Gasteiger partial charge in [0.15, 0.2) is 0 Å². The topological polar surface area (TPSA) is 181 Å². The van der Waals surface area contributed by atoms with Crippen molar-refractivity contribution >= 4 is 23.9 Å². The van der Waals surface area contributed by atoms with Gasteiger partial charge in [-0.25, -0.2) is 0 Å². The first-order chi connectivity index (χ1) is 12.5. The standard InChI is InChI=1S/2C10H16O4.H2O/c2*1-9(2)6(7(11)12)4-5-10(9,3)8(13)14;/h2*6H,4-5H2,1-3H3,(H,11,12)(H,13,14);1H2. The molecule has 4 unspecified atom stereocenters. The molecule has 0 saturated heterocycles. The van der Waals surface area contributed by atoms with E-state index < -0.39 is 57.4 Å². The molecule has 4 atom stereocenters. The summed E-state index contributed by atoms with van der Waals surface area (Å²) in [5.41, 5.74) is -3.22. The normalized spacial score (nSPS) is 34.3. The number of hydrogen-bond donors (Lipinski definition) is 4. The molecular weight excluding hydrogens is 384 g/mol. The van der Waals surface area contributed by atoms with Gasteiger partial charge in [0.1, 0.15) is 0 Å². The molecule has 2 aliphatic carbocycles. The summed E-state index contributed by atoms with van der Waals surface area (Å²) in [4.78, 5) is 44.1. The zero-order chi connectivity index (χ0) is 22.3. The third-order valence-electron chi connectivity index (χ3n) is 7.99. The van der Waals surface area contributed by atoms with Crippen molar-refractivity contribution in [3.63, 3.8) is 0 Å². The smallest absolute Gasteiger partial charge is 0.309 e. The number of hydrogen-bond acceptors (Lipinski definition) is 4. The summed E-state index contributed by atoms with van der Waals surface area (Å²) in [5, 5.41) is 36.2. The summed E-state index contributed by atoms with van der Waals surface area (Å²) in [6.07, 6.45) is 1.77. The molecule has 0 aromatic rings. The predicted octanol–water partition coefficient (Wildman–Crippen LogP) is 2.37. The summed E-state index contributed by atoms with van der Waals surface area (Å²) in [7, 11) is 0. The Morgan fingerprint density at radius 2 is 0.862 bits per heavy atom. The lowest BCUT2D eigenvalue weighted by atomic mass is 9.66. The van der Waals surface area contributed by atoms with E-state index in [9.17, 15) is 19.2 Å². The molecule has 2 rings (SSSR count). The van der Waals surface area contributed by atoms with E-state index in [4.69, 9.17) is 20.4 Å². The maximum absolute atomic E-state index is 11.1. The zero-order valence-corrected chi connectivity index (χ0v) is 17.9. The quantitative estimate of drug-likeness (QED) is 0.536. The van der Waals surface area contributed by atoms with E-state index in [1.165, 1.54) is 0 Å². The van der Waals surface area contributed by atoms with Crippen molar-refractivity contribution in [3.8, 4) is 0 Å². The fourth-order valence-corrected chi connectivity index (χ4v) is 4.63. The summed E-state index contributed by atoms with van der Waals surface area (Å²) < 4.78 is 0. The van der Waals surface area contributed by atoms with Crippen LogP contribution in [0.4, 0.5) is 0 Å². The second kappa shape index (κ2) is 8.30. The highest BCUT2D eigenvalue weighted by Crippen LogP contribution is 2.57. The Labute approximate surface area is 170 Å². The van der Waals surface area contributed by atoms with Crippen LogP contribution in [0.1, 0.15) is 67.2 Å². The van der Waals surface area contributed by atoms with Gasteiger partial charge >= 0.3 is 23.9 Å². The number of carboxylic acids is 4. The van der Waals surface area contributed by atoms with Gasteiger partial charge in [0.05, 0.1) is 22.7 Å². The Hall–Kier alpha value is -2.16. The summed E-state index contributed by atoms with van der Waals surface area (Å²) in [6, 6.07) is 0. The van der Waals surface area contributed by atoms with Gasteiger partial charge in [0.2, 0.25) is 0 Å². The van der Waals surface area contributed by atoms with Gasteiger partial charge in [-0.2, -0.15) is 0 Å². The van der Waals surface area contributed by atoms with Crippen LogP contribution in [0.2, 0.25) is 0 Å². The molecule has 9 nitrogen and oxygen atoms in total. The molecule has 168 valence electrons. The van der Waals surface area contributed by atoms with Crippen molar-refractivity contribution in [2.24, 2.45) is 33.5 Å². The van der Waals surface area contributed by atoms with Crippen molar-refractivity contribution in [2.45, 2.75) is 67.2 Å². The highest BCUT2D eigenvalue weighted by Gasteiger charge is 2.59. The lowest BCUT2D eigenvalue weighted by Crippen LogP contribution is -2.42. The van der Waals surface area contributed by atoms with Crippen molar-refractivity contribution in [3.05, 3.63) is 0 Å². The van der Waals surface area contributed by atoms with E-state index >= 15 is 0 Å². The number of rotatable bonds is 4. The Bertz CT molecular complexity index is 623. The SMILES string of the molecule is CC1(C(=O)O)CCC(C(=O)O)C1(C)C.CC1(C(=O)O)CCC(C(=O)O)C1(C)C.O. The molecule has 6 N–H and O–H groups in total. The second-order valence-electron chi connectivity index (χ2n) is 9.58. The van der Waals surface area contributed by atoms with Gasteiger partial charge in [0, 0.05) is 0 Å². The van der Waals surface area contributed by atoms with Crippen LogP contribution < -0.4 is 0 Å². The summed E-state index contributed by atoms with van der Waals surface area (Å²) in [6.45, 7) is 10.2. The van der Waals surface area contributed by atoms with Crippen LogP contribution in [0.5, 0.6) is 0 Å². The molecule has 0 aliphatic heterocycles. The fraction of sp³-hybridized carbons (Fsp3) is 0.800. The molecule has 29 heavy (non-hydrogen) atoms. The molecular formula is C20H34O9.